The monoisotopic (exact) mass is 312 g/mol. The summed E-state index contributed by atoms with van der Waals surface area (Å²) in [5.74, 6) is -0.210. The van der Waals surface area contributed by atoms with Crippen molar-refractivity contribution in [1.82, 2.24) is 9.47 Å². The van der Waals surface area contributed by atoms with Gasteiger partial charge in [0.25, 0.3) is 11.1 Å². The summed E-state index contributed by atoms with van der Waals surface area (Å²) in [7, 11) is 0. The van der Waals surface area contributed by atoms with E-state index in [1.54, 1.807) is 6.92 Å². The lowest BCUT2D eigenvalue weighted by Gasteiger charge is -2.06. The molecule has 0 N–H and O–H groups in total. The standard InChI is InChI=1S/C17H16N2O2S/c1-3-9-18-11-12(13-7-5-6-8-14(13)18)10-15-16(20)19(4-2)17(21)22-15/h3,5-8,10-11H,1,4,9H2,2H3/b15-10-. The number of hydrogen-bond donors (Lipinski definition) is 0. The average molecular weight is 312 g/mol. The minimum absolute atomic E-state index is 0.200. The maximum Gasteiger partial charge on any atom is 0.293 e. The molecule has 1 aromatic carbocycles. The third-order valence-corrected chi connectivity index (χ3v) is 4.53. The van der Waals surface area contributed by atoms with Gasteiger partial charge in [-0.3, -0.25) is 14.5 Å². The molecule has 1 fully saturated rings. The molecule has 1 aromatic heterocycles. The van der Waals surface area contributed by atoms with E-state index in [0.717, 1.165) is 28.2 Å². The fourth-order valence-electron chi connectivity index (χ4n) is 2.59. The minimum Gasteiger partial charge on any atom is -0.343 e. The molecular weight excluding hydrogens is 296 g/mol. The van der Waals surface area contributed by atoms with Gasteiger partial charge in [0.15, 0.2) is 0 Å². The number of benzene rings is 1. The number of allylic oxidation sites excluding steroid dienone is 1. The van der Waals surface area contributed by atoms with Crippen molar-refractivity contribution in [2.75, 3.05) is 6.54 Å². The van der Waals surface area contributed by atoms with Crippen LogP contribution >= 0.6 is 11.8 Å². The van der Waals surface area contributed by atoms with E-state index in [1.807, 2.05) is 42.6 Å². The molecule has 3 rings (SSSR count). The Kier molecular flexibility index (Phi) is 3.90. The number of aromatic nitrogens is 1. The summed E-state index contributed by atoms with van der Waals surface area (Å²) in [6.45, 7) is 6.68. The van der Waals surface area contributed by atoms with E-state index in [4.69, 9.17) is 0 Å². The van der Waals surface area contributed by atoms with Gasteiger partial charge >= 0.3 is 0 Å². The maximum atomic E-state index is 12.2. The summed E-state index contributed by atoms with van der Waals surface area (Å²) < 4.78 is 2.08. The van der Waals surface area contributed by atoms with E-state index in [9.17, 15) is 9.59 Å². The van der Waals surface area contributed by atoms with Crippen LogP contribution in [-0.4, -0.2) is 27.2 Å². The third-order valence-electron chi connectivity index (χ3n) is 3.62. The van der Waals surface area contributed by atoms with Crippen LogP contribution in [0.5, 0.6) is 0 Å². The first-order valence-corrected chi connectivity index (χ1v) is 7.91. The molecule has 0 bridgehead atoms. The minimum atomic E-state index is -0.210. The van der Waals surface area contributed by atoms with Crippen molar-refractivity contribution >= 4 is 39.9 Å². The number of carbonyl (C=O) groups excluding carboxylic acids is 2. The first kappa shape index (κ1) is 14.7. The lowest BCUT2D eigenvalue weighted by Crippen LogP contribution is -2.27. The fourth-order valence-corrected chi connectivity index (χ4v) is 3.49. The van der Waals surface area contributed by atoms with Crippen LogP contribution < -0.4 is 0 Å². The molecule has 0 atom stereocenters. The Labute approximate surface area is 133 Å². The zero-order valence-electron chi connectivity index (χ0n) is 12.3. The maximum absolute atomic E-state index is 12.2. The van der Waals surface area contributed by atoms with Crippen LogP contribution in [0.25, 0.3) is 17.0 Å². The topological polar surface area (TPSA) is 42.3 Å². The Bertz CT molecular complexity index is 804. The predicted octanol–water partition coefficient (Wildman–Crippen LogP) is 3.88. The molecule has 2 heterocycles. The van der Waals surface area contributed by atoms with Crippen LogP contribution in [0.3, 0.4) is 0 Å². The summed E-state index contributed by atoms with van der Waals surface area (Å²) in [5.41, 5.74) is 2.03. The first-order valence-electron chi connectivity index (χ1n) is 7.09. The number of likely N-dealkylation sites (N-methyl/N-ethyl adjacent to an activating group) is 1. The van der Waals surface area contributed by atoms with Crippen LogP contribution in [0.4, 0.5) is 4.79 Å². The number of amides is 2. The summed E-state index contributed by atoms with van der Waals surface area (Å²) in [5, 5.41) is 0.862. The smallest absolute Gasteiger partial charge is 0.293 e. The fraction of sp³-hybridized carbons (Fsp3) is 0.176. The van der Waals surface area contributed by atoms with E-state index in [2.05, 4.69) is 11.1 Å². The second-order valence-corrected chi connectivity index (χ2v) is 5.96. The Morgan fingerprint density at radius 2 is 2.05 bits per heavy atom. The van der Waals surface area contributed by atoms with Crippen molar-refractivity contribution in [3.05, 3.63) is 53.6 Å². The van der Waals surface area contributed by atoms with E-state index >= 15 is 0 Å². The molecule has 2 amide bonds. The molecule has 0 saturated carbocycles. The SMILES string of the molecule is C=CCn1cc(/C=C2\SC(=O)N(CC)C2=O)c2ccccc21. The highest BCUT2D eigenvalue weighted by Crippen LogP contribution is 2.33. The highest BCUT2D eigenvalue weighted by atomic mass is 32.2. The highest BCUT2D eigenvalue weighted by molar-refractivity contribution is 8.18. The predicted molar refractivity (Wildman–Crippen MR) is 90.5 cm³/mol. The third kappa shape index (κ3) is 2.37. The number of carbonyl (C=O) groups is 2. The van der Waals surface area contributed by atoms with Crippen molar-refractivity contribution in [3.63, 3.8) is 0 Å². The largest absolute Gasteiger partial charge is 0.343 e. The number of para-hydroxylation sites is 1. The molecule has 0 unspecified atom stereocenters. The molecule has 1 aliphatic rings. The van der Waals surface area contributed by atoms with E-state index in [0.29, 0.717) is 18.0 Å². The van der Waals surface area contributed by atoms with E-state index in [1.165, 1.54) is 4.90 Å². The number of nitrogens with zero attached hydrogens (tertiary/aromatic N) is 2. The second kappa shape index (κ2) is 5.85. The second-order valence-electron chi connectivity index (χ2n) is 4.97. The highest BCUT2D eigenvalue weighted by Gasteiger charge is 2.33. The van der Waals surface area contributed by atoms with Crippen molar-refractivity contribution in [1.29, 1.82) is 0 Å². The normalized spacial score (nSPS) is 17.0. The van der Waals surface area contributed by atoms with Gasteiger partial charge in [-0.25, -0.2) is 0 Å². The summed E-state index contributed by atoms with van der Waals surface area (Å²) in [6.07, 6.45) is 5.63. The number of imide groups is 1. The van der Waals surface area contributed by atoms with Crippen LogP contribution in [0.15, 0.2) is 48.0 Å². The van der Waals surface area contributed by atoms with E-state index < -0.39 is 0 Å². The Morgan fingerprint density at radius 1 is 1.27 bits per heavy atom. The summed E-state index contributed by atoms with van der Waals surface area (Å²) in [6, 6.07) is 8.01. The van der Waals surface area contributed by atoms with Crippen molar-refractivity contribution < 1.29 is 9.59 Å². The molecule has 1 saturated heterocycles. The quantitative estimate of drug-likeness (QED) is 0.635. The number of thioether (sulfide) groups is 1. The van der Waals surface area contributed by atoms with Gasteiger partial charge in [-0.05, 0) is 30.8 Å². The van der Waals surface area contributed by atoms with Gasteiger partial charge in [0.05, 0.1) is 4.91 Å². The van der Waals surface area contributed by atoms with Crippen molar-refractivity contribution in [2.24, 2.45) is 0 Å². The van der Waals surface area contributed by atoms with Crippen molar-refractivity contribution in [2.45, 2.75) is 13.5 Å². The van der Waals surface area contributed by atoms with Gasteiger partial charge in [0.2, 0.25) is 0 Å². The van der Waals surface area contributed by atoms with Gasteiger partial charge in [-0.15, -0.1) is 6.58 Å². The molecular formula is C17H16N2O2S. The van der Waals surface area contributed by atoms with Crippen molar-refractivity contribution in [3.8, 4) is 0 Å². The zero-order chi connectivity index (χ0) is 15.7. The van der Waals surface area contributed by atoms with Gasteiger partial charge in [0, 0.05) is 35.8 Å². The molecule has 4 nitrogen and oxygen atoms in total. The molecule has 5 heteroatoms. The molecule has 112 valence electrons. The Hall–Kier alpha value is -2.27. The summed E-state index contributed by atoms with van der Waals surface area (Å²) in [4.78, 5) is 25.8. The molecule has 2 aromatic rings. The number of hydrogen-bond acceptors (Lipinski definition) is 3. The molecule has 0 radical (unpaired) electrons. The van der Waals surface area contributed by atoms with Gasteiger partial charge < -0.3 is 4.57 Å². The van der Waals surface area contributed by atoms with Crippen LogP contribution in [-0.2, 0) is 11.3 Å². The van der Waals surface area contributed by atoms with Crippen LogP contribution in [0.1, 0.15) is 12.5 Å². The van der Waals surface area contributed by atoms with Crippen LogP contribution in [0, 0.1) is 0 Å². The average Bonchev–Trinajstić information content (AvgIpc) is 2.99. The molecule has 22 heavy (non-hydrogen) atoms. The number of rotatable bonds is 4. The summed E-state index contributed by atoms with van der Waals surface area (Å²) >= 11 is 1.00. The van der Waals surface area contributed by atoms with E-state index in [-0.39, 0.29) is 11.1 Å². The molecule has 0 aliphatic carbocycles. The molecule has 0 spiro atoms. The van der Waals surface area contributed by atoms with Gasteiger partial charge in [0.1, 0.15) is 0 Å². The molecule has 1 aliphatic heterocycles. The van der Waals surface area contributed by atoms with Crippen LogP contribution in [0.2, 0.25) is 0 Å². The lowest BCUT2D eigenvalue weighted by molar-refractivity contribution is -0.122. The van der Waals surface area contributed by atoms with Gasteiger partial charge in [-0.1, -0.05) is 24.3 Å². The lowest BCUT2D eigenvalue weighted by atomic mass is 10.1. The number of fused-ring (bicyclic) bond motifs is 1. The Morgan fingerprint density at radius 3 is 2.73 bits per heavy atom. The van der Waals surface area contributed by atoms with Gasteiger partial charge in [-0.2, -0.15) is 0 Å². The first-order chi connectivity index (χ1) is 10.7. The zero-order valence-corrected chi connectivity index (χ0v) is 13.1. The Balaban J connectivity index is 2.08.